The Kier molecular flexibility index (Phi) is 4.70. The quantitative estimate of drug-likeness (QED) is 0.418. The van der Waals surface area contributed by atoms with Crippen LogP contribution in [-0.2, 0) is 4.84 Å². The molecule has 0 saturated carbocycles. The predicted molar refractivity (Wildman–Crippen MR) is 64.5 cm³/mol. The predicted octanol–water partition coefficient (Wildman–Crippen LogP) is 3.99. The zero-order chi connectivity index (χ0) is 12.0. The number of hydrogen-bond acceptors (Lipinski definition) is 2. The van der Waals surface area contributed by atoms with Crippen molar-refractivity contribution in [2.75, 3.05) is 0 Å². The summed E-state index contributed by atoms with van der Waals surface area (Å²) in [6.45, 7) is 7.72. The summed E-state index contributed by atoms with van der Waals surface area (Å²) in [5.41, 5.74) is 1.65. The summed E-state index contributed by atoms with van der Waals surface area (Å²) in [6, 6.07) is 5.96. The molecule has 3 heteroatoms. The summed E-state index contributed by atoms with van der Waals surface area (Å²) < 4.78 is 12.7. The molecule has 0 N–H and O–H groups in total. The minimum absolute atomic E-state index is 0.276. The number of halogens is 1. The van der Waals surface area contributed by atoms with Crippen LogP contribution < -0.4 is 0 Å². The first-order valence-corrected chi connectivity index (χ1v) is 5.28. The maximum Gasteiger partial charge on any atom is 0.158 e. The Bertz CT molecular complexity index is 381. The fourth-order valence-electron chi connectivity index (χ4n) is 1.23. The summed E-state index contributed by atoms with van der Waals surface area (Å²) in [5, 5.41) is 3.94. The van der Waals surface area contributed by atoms with Gasteiger partial charge in [0.15, 0.2) is 5.76 Å². The minimum atomic E-state index is -0.276. The monoisotopic (exact) mass is 221 g/mol. The van der Waals surface area contributed by atoms with Crippen molar-refractivity contribution in [1.82, 2.24) is 0 Å². The van der Waals surface area contributed by atoms with Crippen LogP contribution in [0, 0.1) is 5.82 Å². The molecule has 86 valence electrons. The van der Waals surface area contributed by atoms with E-state index in [0.29, 0.717) is 5.76 Å². The molecule has 0 aliphatic heterocycles. The lowest BCUT2D eigenvalue weighted by atomic mass is 10.2. The summed E-state index contributed by atoms with van der Waals surface area (Å²) in [6.07, 6.45) is 1.93. The van der Waals surface area contributed by atoms with Crippen LogP contribution in [0.25, 0.3) is 5.76 Å². The van der Waals surface area contributed by atoms with E-state index in [1.807, 2.05) is 6.92 Å². The molecule has 0 atom stereocenters. The van der Waals surface area contributed by atoms with Gasteiger partial charge in [0.2, 0.25) is 0 Å². The van der Waals surface area contributed by atoms with E-state index in [0.717, 1.165) is 24.1 Å². The second-order valence-electron chi connectivity index (χ2n) is 3.60. The second kappa shape index (κ2) is 6.05. The molecule has 1 aromatic carbocycles. The third-order valence-corrected chi connectivity index (χ3v) is 2.09. The molecule has 0 bridgehead atoms. The molecule has 0 saturated heterocycles. The lowest BCUT2D eigenvalue weighted by Gasteiger charge is -2.04. The molecule has 0 heterocycles. The van der Waals surface area contributed by atoms with Gasteiger partial charge in [-0.1, -0.05) is 25.1 Å². The first-order chi connectivity index (χ1) is 7.63. The van der Waals surface area contributed by atoms with Crippen LogP contribution in [0.1, 0.15) is 32.3 Å². The van der Waals surface area contributed by atoms with Gasteiger partial charge in [0.25, 0.3) is 0 Å². The molecule has 0 aliphatic carbocycles. The van der Waals surface area contributed by atoms with Crippen molar-refractivity contribution in [2.45, 2.75) is 26.7 Å². The number of nitrogens with zero attached hydrogens (tertiary/aromatic N) is 1. The van der Waals surface area contributed by atoms with Crippen LogP contribution in [0.15, 0.2) is 36.0 Å². The van der Waals surface area contributed by atoms with Crippen LogP contribution in [0.2, 0.25) is 0 Å². The van der Waals surface area contributed by atoms with E-state index in [4.69, 9.17) is 4.84 Å². The first kappa shape index (κ1) is 12.4. The van der Waals surface area contributed by atoms with Gasteiger partial charge >= 0.3 is 0 Å². The largest absolute Gasteiger partial charge is 0.357 e. The fraction of sp³-hybridized carbons (Fsp3) is 0.308. The number of hydrogen-bond donors (Lipinski definition) is 0. The van der Waals surface area contributed by atoms with E-state index in [9.17, 15) is 4.39 Å². The summed E-state index contributed by atoms with van der Waals surface area (Å²) in [4.78, 5) is 5.15. The molecule has 0 amide bonds. The maximum atomic E-state index is 12.7. The van der Waals surface area contributed by atoms with E-state index < -0.39 is 0 Å². The average Bonchev–Trinajstić information content (AvgIpc) is 2.27. The van der Waals surface area contributed by atoms with Gasteiger partial charge in [-0.3, -0.25) is 0 Å². The van der Waals surface area contributed by atoms with Crippen molar-refractivity contribution in [1.29, 1.82) is 0 Å². The molecule has 0 aliphatic rings. The van der Waals surface area contributed by atoms with Gasteiger partial charge in [-0.15, -0.1) is 0 Å². The van der Waals surface area contributed by atoms with E-state index in [2.05, 4.69) is 18.7 Å². The highest BCUT2D eigenvalue weighted by Gasteiger charge is 2.00. The van der Waals surface area contributed by atoms with E-state index in [1.54, 1.807) is 12.1 Å². The van der Waals surface area contributed by atoms with Gasteiger partial charge in [0.1, 0.15) is 5.82 Å². The smallest absolute Gasteiger partial charge is 0.158 e. The number of rotatable bonds is 5. The Morgan fingerprint density at radius 2 is 2.00 bits per heavy atom. The van der Waals surface area contributed by atoms with Crippen molar-refractivity contribution in [2.24, 2.45) is 5.16 Å². The van der Waals surface area contributed by atoms with Crippen molar-refractivity contribution in [3.05, 3.63) is 42.2 Å². The second-order valence-corrected chi connectivity index (χ2v) is 3.60. The SMILES string of the molecule is C=C(O/N=C(\C)CCC)c1ccc(F)cc1. The minimum Gasteiger partial charge on any atom is -0.357 e. The van der Waals surface area contributed by atoms with Gasteiger partial charge < -0.3 is 4.84 Å². The third kappa shape index (κ3) is 3.85. The van der Waals surface area contributed by atoms with Crippen LogP contribution >= 0.6 is 0 Å². The fourth-order valence-corrected chi connectivity index (χ4v) is 1.23. The molecule has 0 radical (unpaired) electrons. The Morgan fingerprint density at radius 1 is 1.38 bits per heavy atom. The third-order valence-electron chi connectivity index (χ3n) is 2.09. The Morgan fingerprint density at radius 3 is 2.56 bits per heavy atom. The summed E-state index contributed by atoms with van der Waals surface area (Å²) in [5.74, 6) is 0.151. The molecule has 1 aromatic rings. The normalized spacial score (nSPS) is 11.3. The van der Waals surface area contributed by atoms with Crippen LogP contribution in [-0.4, -0.2) is 5.71 Å². The lowest BCUT2D eigenvalue weighted by molar-refractivity contribution is 0.297. The maximum absolute atomic E-state index is 12.7. The molecule has 0 fully saturated rings. The molecule has 0 spiro atoms. The highest BCUT2D eigenvalue weighted by atomic mass is 19.1. The van der Waals surface area contributed by atoms with Crippen molar-refractivity contribution in [3.63, 3.8) is 0 Å². The highest BCUT2D eigenvalue weighted by molar-refractivity contribution is 5.81. The zero-order valence-electron chi connectivity index (χ0n) is 9.66. The van der Waals surface area contributed by atoms with Crippen LogP contribution in [0.3, 0.4) is 0 Å². The van der Waals surface area contributed by atoms with Crippen LogP contribution in [0.4, 0.5) is 4.39 Å². The van der Waals surface area contributed by atoms with Crippen LogP contribution in [0.5, 0.6) is 0 Å². The van der Waals surface area contributed by atoms with Gasteiger partial charge in [0.05, 0.1) is 5.71 Å². The molecule has 0 unspecified atom stereocenters. The molecular formula is C13H16FNO. The molecule has 2 nitrogen and oxygen atoms in total. The number of benzene rings is 1. The lowest BCUT2D eigenvalue weighted by Crippen LogP contribution is -1.92. The zero-order valence-corrected chi connectivity index (χ0v) is 9.66. The van der Waals surface area contributed by atoms with Gasteiger partial charge in [-0.25, -0.2) is 4.39 Å². The average molecular weight is 221 g/mol. The van der Waals surface area contributed by atoms with E-state index >= 15 is 0 Å². The standard InChI is InChI=1S/C13H16FNO/c1-4-5-10(2)15-16-11(3)12-6-8-13(14)9-7-12/h6-9H,3-5H2,1-2H3/b15-10+. The Balaban J connectivity index is 2.59. The van der Waals surface area contributed by atoms with Gasteiger partial charge in [-0.05, 0) is 37.6 Å². The Labute approximate surface area is 95.4 Å². The molecule has 16 heavy (non-hydrogen) atoms. The first-order valence-electron chi connectivity index (χ1n) is 5.28. The van der Waals surface area contributed by atoms with E-state index in [1.165, 1.54) is 12.1 Å². The van der Waals surface area contributed by atoms with Gasteiger partial charge in [0, 0.05) is 5.56 Å². The topological polar surface area (TPSA) is 21.6 Å². The summed E-state index contributed by atoms with van der Waals surface area (Å²) in [7, 11) is 0. The number of oxime groups is 1. The summed E-state index contributed by atoms with van der Waals surface area (Å²) >= 11 is 0. The Hall–Kier alpha value is -1.64. The van der Waals surface area contributed by atoms with E-state index in [-0.39, 0.29) is 5.82 Å². The molecular weight excluding hydrogens is 205 g/mol. The highest BCUT2D eigenvalue weighted by Crippen LogP contribution is 2.14. The molecule has 1 rings (SSSR count). The van der Waals surface area contributed by atoms with Crippen molar-refractivity contribution < 1.29 is 9.23 Å². The van der Waals surface area contributed by atoms with Crippen molar-refractivity contribution in [3.8, 4) is 0 Å². The van der Waals surface area contributed by atoms with Crippen molar-refractivity contribution >= 4 is 11.5 Å². The van der Waals surface area contributed by atoms with Gasteiger partial charge in [-0.2, -0.15) is 0 Å². The molecule has 0 aromatic heterocycles.